The SMILES string of the molecule is O=C(Cc1ccccc1)N[C@@H]1C(=O)N2C(C(=O)O)=C(CSCCC(=O)Oc3ccc([N+](=O)[O-])cc3F)CS[C@H]12. The van der Waals surface area contributed by atoms with Crippen LogP contribution in [0.3, 0.4) is 0 Å². The molecular weight excluding hydrogens is 553 g/mol. The zero-order chi connectivity index (χ0) is 28.1. The topological polar surface area (TPSA) is 156 Å². The number of β-lactam (4-membered cyclic amide) rings is 1. The van der Waals surface area contributed by atoms with Crippen LogP contribution < -0.4 is 10.1 Å². The Morgan fingerprint density at radius 3 is 2.64 bits per heavy atom. The van der Waals surface area contributed by atoms with E-state index in [0.717, 1.165) is 17.7 Å². The van der Waals surface area contributed by atoms with Gasteiger partial charge in [0.15, 0.2) is 11.6 Å². The van der Waals surface area contributed by atoms with Crippen LogP contribution >= 0.6 is 23.5 Å². The number of nitrogens with one attached hydrogen (secondary N) is 1. The van der Waals surface area contributed by atoms with Gasteiger partial charge in [0.05, 0.1) is 23.8 Å². The summed E-state index contributed by atoms with van der Waals surface area (Å²) in [6, 6.07) is 10.9. The largest absolute Gasteiger partial charge is 0.477 e. The number of rotatable bonds is 11. The van der Waals surface area contributed by atoms with Gasteiger partial charge in [-0.1, -0.05) is 30.3 Å². The Bertz CT molecular complexity index is 1350. The minimum atomic E-state index is -1.26. The van der Waals surface area contributed by atoms with E-state index in [0.29, 0.717) is 17.4 Å². The summed E-state index contributed by atoms with van der Waals surface area (Å²) in [5, 5.41) is 22.7. The normalized spacial score (nSPS) is 18.2. The summed E-state index contributed by atoms with van der Waals surface area (Å²) in [6.45, 7) is 0. The van der Waals surface area contributed by atoms with Crippen molar-refractivity contribution in [1.82, 2.24) is 10.2 Å². The van der Waals surface area contributed by atoms with E-state index in [1.807, 2.05) is 6.07 Å². The number of thioether (sulfide) groups is 2. The highest BCUT2D eigenvalue weighted by Crippen LogP contribution is 2.41. The number of carboxylic acids is 1. The molecule has 1 saturated heterocycles. The first-order chi connectivity index (χ1) is 18.7. The van der Waals surface area contributed by atoms with E-state index >= 15 is 0 Å². The van der Waals surface area contributed by atoms with Crippen molar-refractivity contribution in [3.63, 3.8) is 0 Å². The third-order valence-corrected chi connectivity index (χ3v) is 8.24. The third-order valence-electron chi connectivity index (χ3n) is 5.85. The molecule has 2 N–H and O–H groups in total. The van der Waals surface area contributed by atoms with Crippen molar-refractivity contribution < 1.29 is 38.3 Å². The van der Waals surface area contributed by atoms with Crippen molar-refractivity contribution in [2.75, 3.05) is 17.3 Å². The zero-order valence-electron chi connectivity index (χ0n) is 20.2. The molecule has 2 amide bonds. The van der Waals surface area contributed by atoms with Gasteiger partial charge in [-0.2, -0.15) is 11.8 Å². The van der Waals surface area contributed by atoms with Crippen molar-refractivity contribution in [3.8, 4) is 5.75 Å². The van der Waals surface area contributed by atoms with Gasteiger partial charge < -0.3 is 15.2 Å². The molecule has 0 bridgehead atoms. The van der Waals surface area contributed by atoms with Crippen LogP contribution in [0.2, 0.25) is 0 Å². The number of fused-ring (bicyclic) bond motifs is 1. The van der Waals surface area contributed by atoms with Crippen LogP contribution in [0.4, 0.5) is 10.1 Å². The Kier molecular flexibility index (Phi) is 8.86. The minimum Gasteiger partial charge on any atom is -0.477 e. The smallest absolute Gasteiger partial charge is 0.352 e. The molecule has 11 nitrogen and oxygen atoms in total. The summed E-state index contributed by atoms with van der Waals surface area (Å²) >= 11 is 2.59. The van der Waals surface area contributed by atoms with E-state index in [-0.39, 0.29) is 36.0 Å². The average molecular weight is 576 g/mol. The number of nitrogens with zero attached hydrogens (tertiary/aromatic N) is 2. The molecule has 1 fully saturated rings. The lowest BCUT2D eigenvalue weighted by atomic mass is 10.0. The lowest BCUT2D eigenvalue weighted by molar-refractivity contribution is -0.385. The Hall–Kier alpha value is -3.91. The van der Waals surface area contributed by atoms with E-state index in [1.54, 1.807) is 24.3 Å². The second kappa shape index (κ2) is 12.3. The van der Waals surface area contributed by atoms with Crippen molar-refractivity contribution in [2.24, 2.45) is 0 Å². The molecule has 2 aromatic rings. The van der Waals surface area contributed by atoms with Gasteiger partial charge in [-0.15, -0.1) is 11.8 Å². The van der Waals surface area contributed by atoms with E-state index in [9.17, 15) is 38.8 Å². The molecule has 14 heteroatoms. The number of non-ortho nitro benzene ring substituents is 1. The number of carbonyl (C=O) groups is 4. The maximum absolute atomic E-state index is 13.9. The molecule has 0 unspecified atom stereocenters. The molecular formula is C25H22FN3O8S2. The standard InChI is InChI=1S/C25H22FN3O8S2/c26-17-11-16(29(35)36)6-7-18(17)37-20(31)8-9-38-12-15-13-39-24-21(23(32)28(24)22(15)25(33)34)27-19(30)10-14-4-2-1-3-5-14/h1-7,11,21,24H,8-10,12-13H2,(H,27,30)(H,33,34)/t21-,24-/m1/s1. The molecule has 0 spiro atoms. The Morgan fingerprint density at radius 2 is 1.97 bits per heavy atom. The quantitative estimate of drug-likeness (QED) is 0.102. The van der Waals surface area contributed by atoms with E-state index in [2.05, 4.69) is 5.32 Å². The number of benzene rings is 2. The highest BCUT2D eigenvalue weighted by atomic mass is 32.2. The van der Waals surface area contributed by atoms with E-state index < -0.39 is 51.4 Å². The molecule has 204 valence electrons. The zero-order valence-corrected chi connectivity index (χ0v) is 21.8. The van der Waals surface area contributed by atoms with Crippen molar-refractivity contribution in [1.29, 1.82) is 0 Å². The fourth-order valence-electron chi connectivity index (χ4n) is 4.01. The Morgan fingerprint density at radius 1 is 1.23 bits per heavy atom. The van der Waals surface area contributed by atoms with E-state index in [1.165, 1.54) is 28.4 Å². The first-order valence-corrected chi connectivity index (χ1v) is 13.8. The minimum absolute atomic E-state index is 0.102. The fraction of sp³-hybridized carbons (Fsp3) is 0.280. The molecule has 0 saturated carbocycles. The van der Waals surface area contributed by atoms with Gasteiger partial charge in [-0.25, -0.2) is 9.18 Å². The van der Waals surface area contributed by atoms with Gasteiger partial charge in [0.25, 0.3) is 11.6 Å². The summed E-state index contributed by atoms with van der Waals surface area (Å²) in [5.74, 6) is -3.53. The average Bonchev–Trinajstić information content (AvgIpc) is 2.90. The van der Waals surface area contributed by atoms with Gasteiger partial charge in [-0.05, 0) is 17.2 Å². The predicted molar refractivity (Wildman–Crippen MR) is 140 cm³/mol. The first-order valence-electron chi connectivity index (χ1n) is 11.6. The fourth-order valence-corrected chi connectivity index (χ4v) is 6.43. The van der Waals surface area contributed by atoms with Crippen LogP contribution in [0, 0.1) is 15.9 Å². The van der Waals surface area contributed by atoms with Crippen molar-refractivity contribution in [2.45, 2.75) is 24.3 Å². The van der Waals surface area contributed by atoms with Crippen LogP contribution in [-0.4, -0.2) is 67.4 Å². The number of amides is 2. The molecule has 2 aromatic carbocycles. The number of hydrogen-bond acceptors (Lipinski definition) is 9. The number of nitro benzene ring substituents is 1. The number of nitro groups is 1. The number of carboxylic acid groups (broad SMARTS) is 1. The molecule has 0 radical (unpaired) electrons. The van der Waals surface area contributed by atoms with Crippen LogP contribution in [0.1, 0.15) is 12.0 Å². The molecule has 2 aliphatic heterocycles. The molecule has 2 atom stereocenters. The highest BCUT2D eigenvalue weighted by molar-refractivity contribution is 8.01. The summed E-state index contributed by atoms with van der Waals surface area (Å²) < 4.78 is 18.8. The van der Waals surface area contributed by atoms with Crippen LogP contribution in [0.25, 0.3) is 0 Å². The Labute approximate surface area is 229 Å². The van der Waals surface area contributed by atoms with Gasteiger partial charge in [0.1, 0.15) is 17.1 Å². The maximum Gasteiger partial charge on any atom is 0.352 e. The number of carbonyl (C=O) groups excluding carboxylic acids is 3. The Balaban J connectivity index is 1.29. The lowest BCUT2D eigenvalue weighted by Crippen LogP contribution is -2.70. The van der Waals surface area contributed by atoms with Crippen molar-refractivity contribution >= 4 is 53.0 Å². The van der Waals surface area contributed by atoms with Gasteiger partial charge in [0, 0.05) is 23.3 Å². The highest BCUT2D eigenvalue weighted by Gasteiger charge is 2.54. The molecule has 2 heterocycles. The predicted octanol–water partition coefficient (Wildman–Crippen LogP) is 2.74. The monoisotopic (exact) mass is 575 g/mol. The van der Waals surface area contributed by atoms with Crippen LogP contribution in [0.15, 0.2) is 59.8 Å². The van der Waals surface area contributed by atoms with Gasteiger partial charge in [0.2, 0.25) is 5.91 Å². The van der Waals surface area contributed by atoms with Gasteiger partial charge >= 0.3 is 11.9 Å². The second-order valence-corrected chi connectivity index (χ2v) is 10.7. The van der Waals surface area contributed by atoms with Crippen molar-refractivity contribution in [3.05, 3.63) is 81.3 Å². The first kappa shape index (κ1) is 28.1. The van der Waals surface area contributed by atoms with Crippen LogP contribution in [0.5, 0.6) is 5.75 Å². The molecule has 0 aliphatic carbocycles. The maximum atomic E-state index is 13.9. The summed E-state index contributed by atoms with van der Waals surface area (Å²) in [7, 11) is 0. The lowest BCUT2D eigenvalue weighted by Gasteiger charge is -2.49. The number of hydrogen-bond donors (Lipinski definition) is 2. The molecule has 2 aliphatic rings. The molecule has 4 rings (SSSR count). The summed E-state index contributed by atoms with van der Waals surface area (Å²) in [4.78, 5) is 60.4. The van der Waals surface area contributed by atoms with E-state index in [4.69, 9.17) is 4.74 Å². The summed E-state index contributed by atoms with van der Waals surface area (Å²) in [5.41, 5.74) is 0.702. The third kappa shape index (κ3) is 6.57. The number of aliphatic carboxylic acids is 1. The molecule has 0 aromatic heterocycles. The number of halogens is 1. The number of esters is 1. The summed E-state index contributed by atoms with van der Waals surface area (Å²) in [6.07, 6.45) is -0.0183. The second-order valence-electron chi connectivity index (χ2n) is 8.52. The van der Waals surface area contributed by atoms with Crippen LogP contribution in [-0.2, 0) is 25.6 Å². The van der Waals surface area contributed by atoms with Gasteiger partial charge in [-0.3, -0.25) is 29.4 Å². The molecule has 39 heavy (non-hydrogen) atoms. The number of ether oxygens (including phenoxy) is 1.